The van der Waals surface area contributed by atoms with Crippen molar-refractivity contribution in [2.75, 3.05) is 9.80 Å². The van der Waals surface area contributed by atoms with Crippen LogP contribution >= 0.6 is 11.3 Å². The summed E-state index contributed by atoms with van der Waals surface area (Å²) in [6, 6.07) is 71.5. The van der Waals surface area contributed by atoms with Crippen LogP contribution in [0.5, 0.6) is 0 Å². The van der Waals surface area contributed by atoms with Crippen molar-refractivity contribution in [2.24, 2.45) is 0 Å². The molecule has 0 N–H and O–H groups in total. The number of thiophene rings is 1. The number of hydrogen-bond donors (Lipinski definition) is 0. The van der Waals surface area contributed by atoms with Gasteiger partial charge in [-0.25, -0.2) is 0 Å². The summed E-state index contributed by atoms with van der Waals surface area (Å²) < 4.78 is 5.51. The highest BCUT2D eigenvalue weighted by Gasteiger charge is 2.47. The van der Waals surface area contributed by atoms with Crippen LogP contribution in [0.25, 0.3) is 64.9 Å². The number of aromatic nitrogens is 1. The van der Waals surface area contributed by atoms with Crippen LogP contribution < -0.4 is 20.0 Å². The first-order chi connectivity index (χ1) is 34.3. The third-order valence-electron chi connectivity index (χ3n) is 16.5. The Balaban J connectivity index is 1.18. The normalized spacial score (nSPS) is 15.3. The van der Waals surface area contributed by atoms with Crippen LogP contribution in [-0.2, 0) is 16.2 Å². The first-order valence-corrected chi connectivity index (χ1v) is 26.3. The highest BCUT2D eigenvalue weighted by molar-refractivity contribution is 7.32. The molecule has 0 saturated heterocycles. The largest absolute Gasteiger partial charge is 0.375 e. The Morgan fingerprint density at radius 1 is 0.521 bits per heavy atom. The first kappa shape index (κ1) is 42.5. The van der Waals surface area contributed by atoms with E-state index in [4.69, 9.17) is 0 Å². The van der Waals surface area contributed by atoms with E-state index in [-0.39, 0.29) is 23.1 Å². The van der Waals surface area contributed by atoms with Crippen LogP contribution in [-0.4, -0.2) is 11.3 Å². The van der Waals surface area contributed by atoms with E-state index in [9.17, 15) is 0 Å². The monoisotopic (exact) mass is 933 g/mol. The lowest BCUT2D eigenvalue weighted by Crippen LogP contribution is -2.55. The van der Waals surface area contributed by atoms with Crippen LogP contribution in [0.15, 0.2) is 188 Å². The summed E-state index contributed by atoms with van der Waals surface area (Å²) in [6.45, 7) is 16.8. The summed E-state index contributed by atoms with van der Waals surface area (Å²) in [7, 11) is 0. The molecule has 3 aliphatic rings. The van der Waals surface area contributed by atoms with Crippen LogP contribution in [0.3, 0.4) is 0 Å². The molecule has 0 atom stereocenters. The zero-order chi connectivity index (χ0) is 48.1. The topological polar surface area (TPSA) is 11.4 Å². The van der Waals surface area contributed by atoms with Crippen LogP contribution in [0.4, 0.5) is 34.1 Å². The Morgan fingerprint density at radius 2 is 1.15 bits per heavy atom. The van der Waals surface area contributed by atoms with Crippen molar-refractivity contribution in [2.45, 2.75) is 77.6 Å². The second kappa shape index (κ2) is 15.1. The molecule has 71 heavy (non-hydrogen) atoms. The molecule has 344 valence electrons. The smallest absolute Gasteiger partial charge is 0.343 e. The van der Waals surface area contributed by atoms with Crippen molar-refractivity contribution < 1.29 is 0 Å². The lowest BCUT2D eigenvalue weighted by Gasteiger charge is -2.42. The van der Waals surface area contributed by atoms with Crippen molar-refractivity contribution in [1.29, 1.82) is 0 Å². The number of fused-ring (bicyclic) bond motifs is 11. The summed E-state index contributed by atoms with van der Waals surface area (Å²) in [4.78, 5) is 5.18. The number of para-hydroxylation sites is 3. The van der Waals surface area contributed by atoms with E-state index in [1.165, 1.54) is 115 Å². The molecule has 0 spiro atoms. The molecule has 0 fully saturated rings. The van der Waals surface area contributed by atoms with Crippen LogP contribution in [0.1, 0.15) is 78.0 Å². The molecular weight excluding hydrogens is 878 g/mol. The first-order valence-electron chi connectivity index (χ1n) is 25.5. The Hall–Kier alpha value is -7.34. The molecular formula is C66H56BN3S. The molecule has 5 heteroatoms. The Bertz CT molecular complexity index is 3950. The summed E-state index contributed by atoms with van der Waals surface area (Å²) in [5.74, 6) is 0. The average Bonchev–Trinajstić information content (AvgIpc) is 3.92. The maximum Gasteiger partial charge on any atom is 0.343 e. The van der Waals surface area contributed by atoms with Crippen molar-refractivity contribution in [1.82, 2.24) is 4.48 Å². The Labute approximate surface area is 421 Å². The van der Waals surface area contributed by atoms with E-state index in [1.807, 2.05) is 11.3 Å². The average molecular weight is 934 g/mol. The minimum absolute atomic E-state index is 0.0364. The van der Waals surface area contributed by atoms with Gasteiger partial charge in [0.1, 0.15) is 0 Å². The SMILES string of the molecule is CC(C)(C)c1ccc(N2c3cc(N(c4ccccc4)c4ccccc4)cc4c3B(c3sc5cc6c(cc5c32)C(C)(C)CCC6(C)C)n2c3cc5ccccc5cc3c3cccc-4c32)c(-c2ccccc2)c1. The highest BCUT2D eigenvalue weighted by Crippen LogP contribution is 2.55. The van der Waals surface area contributed by atoms with Gasteiger partial charge < -0.3 is 14.3 Å². The van der Waals surface area contributed by atoms with Crippen LogP contribution in [0, 0.1) is 0 Å². The highest BCUT2D eigenvalue weighted by atomic mass is 32.1. The second-order valence-corrected chi connectivity index (χ2v) is 23.9. The van der Waals surface area contributed by atoms with E-state index in [0.29, 0.717) is 0 Å². The third kappa shape index (κ3) is 6.28. The maximum absolute atomic E-state index is 2.75. The second-order valence-electron chi connectivity index (χ2n) is 22.8. The predicted octanol–water partition coefficient (Wildman–Crippen LogP) is 17.4. The molecule has 2 aliphatic heterocycles. The number of nitrogens with zero attached hydrogens (tertiary/aromatic N) is 3. The quantitative estimate of drug-likeness (QED) is 0.159. The summed E-state index contributed by atoms with van der Waals surface area (Å²) in [6.07, 6.45) is 2.33. The molecule has 3 nitrogen and oxygen atoms in total. The summed E-state index contributed by atoms with van der Waals surface area (Å²) in [5, 5.41) is 6.48. The van der Waals surface area contributed by atoms with Gasteiger partial charge in [-0.3, -0.25) is 0 Å². The Morgan fingerprint density at radius 3 is 1.83 bits per heavy atom. The fourth-order valence-electron chi connectivity index (χ4n) is 12.7. The molecule has 0 saturated carbocycles. The number of anilines is 6. The standard InChI is InChI=1S/C66H56BN3S/c1-64(2,3)44-30-31-56(50(36-44)41-20-11-8-12-21-41)69-58-38-47(68(45-24-13-9-14-25-45)46-26-15-10-16-27-46)37-52-49-29-19-28-48-51-34-42-22-17-18-23-43(42)35-57(51)70(61(48)49)67(60(52)58)63-62(69)53-39-54-55(40-59(53)71-63)66(6,7)33-32-65(54,4)5/h8-31,34-40H,32-33H2,1-7H3. The predicted molar refractivity (Wildman–Crippen MR) is 307 cm³/mol. The van der Waals surface area contributed by atoms with Gasteiger partial charge in [0.05, 0.1) is 11.4 Å². The summed E-state index contributed by atoms with van der Waals surface area (Å²) in [5.41, 5.74) is 20.4. The van der Waals surface area contributed by atoms with E-state index in [0.717, 1.165) is 23.5 Å². The fraction of sp³-hybridized carbons (Fsp3) is 0.182. The van der Waals surface area contributed by atoms with Crippen molar-refractivity contribution in [3.8, 4) is 22.3 Å². The van der Waals surface area contributed by atoms with E-state index in [1.54, 1.807) is 0 Å². The molecule has 4 heterocycles. The van der Waals surface area contributed by atoms with Gasteiger partial charge in [0.2, 0.25) is 0 Å². The third-order valence-corrected chi connectivity index (χ3v) is 17.7. The Kier molecular flexibility index (Phi) is 9.04. The van der Waals surface area contributed by atoms with Crippen molar-refractivity contribution in [3.05, 3.63) is 205 Å². The zero-order valence-corrected chi connectivity index (χ0v) is 42.5. The van der Waals surface area contributed by atoms with E-state index >= 15 is 0 Å². The van der Waals surface area contributed by atoms with Crippen molar-refractivity contribution >= 4 is 105 Å². The molecule has 0 bridgehead atoms. The van der Waals surface area contributed by atoms with Gasteiger partial charge in [0.15, 0.2) is 0 Å². The summed E-state index contributed by atoms with van der Waals surface area (Å²) >= 11 is 2.03. The van der Waals surface area contributed by atoms with Gasteiger partial charge in [-0.05, 0) is 146 Å². The molecule has 0 radical (unpaired) electrons. The van der Waals surface area contributed by atoms with Gasteiger partial charge in [0, 0.05) is 70.5 Å². The molecule has 9 aromatic carbocycles. The molecule has 1 aliphatic carbocycles. The number of benzene rings is 9. The zero-order valence-electron chi connectivity index (χ0n) is 41.6. The number of hydrogen-bond acceptors (Lipinski definition) is 3. The van der Waals surface area contributed by atoms with Gasteiger partial charge in [-0.1, -0.05) is 164 Å². The maximum atomic E-state index is 2.75. The minimum Gasteiger partial charge on any atom is -0.375 e. The van der Waals surface area contributed by atoms with Gasteiger partial charge in [-0.15, -0.1) is 11.3 Å². The minimum atomic E-state index is -0.0808. The van der Waals surface area contributed by atoms with Crippen LogP contribution in [0.2, 0.25) is 0 Å². The van der Waals surface area contributed by atoms with Gasteiger partial charge >= 0.3 is 6.85 Å². The molecule has 14 rings (SSSR count). The van der Waals surface area contributed by atoms with Gasteiger partial charge in [0.25, 0.3) is 0 Å². The van der Waals surface area contributed by atoms with E-state index < -0.39 is 0 Å². The van der Waals surface area contributed by atoms with Crippen molar-refractivity contribution in [3.63, 3.8) is 0 Å². The lowest BCUT2D eigenvalue weighted by atomic mass is 9.48. The molecule has 0 unspecified atom stereocenters. The number of rotatable bonds is 5. The molecule has 2 aromatic heterocycles. The van der Waals surface area contributed by atoms with E-state index in [2.05, 4.69) is 251 Å². The molecule has 11 aromatic rings. The fourth-order valence-corrected chi connectivity index (χ4v) is 14.0. The lowest BCUT2D eigenvalue weighted by molar-refractivity contribution is 0.332. The van der Waals surface area contributed by atoms with Gasteiger partial charge in [-0.2, -0.15) is 0 Å². The molecule has 0 amide bonds.